The Kier molecular flexibility index (Phi) is 5.65. The molecular formula is C18H29NO2. The summed E-state index contributed by atoms with van der Waals surface area (Å²) in [6.45, 7) is 12.3. The number of benzene rings is 1. The van der Waals surface area contributed by atoms with E-state index in [0.29, 0.717) is 18.8 Å². The van der Waals surface area contributed by atoms with Crippen molar-refractivity contribution in [1.82, 2.24) is 5.32 Å². The highest BCUT2D eigenvalue weighted by molar-refractivity contribution is 5.43. The first-order valence-corrected chi connectivity index (χ1v) is 8.07. The molecule has 0 aromatic heterocycles. The van der Waals surface area contributed by atoms with Crippen molar-refractivity contribution in [2.24, 2.45) is 0 Å². The van der Waals surface area contributed by atoms with Crippen LogP contribution in [0, 0.1) is 13.8 Å². The van der Waals surface area contributed by atoms with Gasteiger partial charge in [0.15, 0.2) is 0 Å². The minimum absolute atomic E-state index is 0.251. The zero-order valence-electron chi connectivity index (χ0n) is 14.0. The van der Waals surface area contributed by atoms with Crippen molar-refractivity contribution in [3.05, 3.63) is 28.8 Å². The molecule has 0 radical (unpaired) electrons. The zero-order chi connectivity index (χ0) is 15.4. The van der Waals surface area contributed by atoms with Crippen molar-refractivity contribution >= 4 is 0 Å². The molecule has 2 rings (SSSR count). The molecule has 3 nitrogen and oxygen atoms in total. The van der Waals surface area contributed by atoms with Crippen LogP contribution in [0.25, 0.3) is 0 Å². The lowest BCUT2D eigenvalue weighted by Gasteiger charge is -2.17. The highest BCUT2D eigenvalue weighted by Gasteiger charge is 2.22. The normalized spacial score (nSPS) is 22.0. The Morgan fingerprint density at radius 2 is 1.90 bits per heavy atom. The third-order valence-electron chi connectivity index (χ3n) is 3.97. The summed E-state index contributed by atoms with van der Waals surface area (Å²) in [6.07, 6.45) is 2.88. The molecule has 0 amide bonds. The molecule has 0 bridgehead atoms. The molecule has 1 saturated heterocycles. The van der Waals surface area contributed by atoms with Crippen LogP contribution in [0.1, 0.15) is 50.3 Å². The van der Waals surface area contributed by atoms with Crippen LogP contribution in [-0.4, -0.2) is 24.9 Å². The molecule has 0 saturated carbocycles. The first-order valence-electron chi connectivity index (χ1n) is 8.07. The Bertz CT molecular complexity index is 447. The summed E-state index contributed by atoms with van der Waals surface area (Å²) in [5.41, 5.74) is 3.74. The molecule has 0 spiro atoms. The summed E-state index contributed by atoms with van der Waals surface area (Å²) < 4.78 is 11.9. The average Bonchev–Trinajstić information content (AvgIpc) is 2.81. The van der Waals surface area contributed by atoms with E-state index in [1.807, 2.05) is 0 Å². The van der Waals surface area contributed by atoms with Gasteiger partial charge in [-0.2, -0.15) is 0 Å². The molecule has 1 aromatic rings. The van der Waals surface area contributed by atoms with Crippen molar-refractivity contribution in [2.75, 3.05) is 6.61 Å². The van der Waals surface area contributed by atoms with Gasteiger partial charge in [-0.15, -0.1) is 0 Å². The van der Waals surface area contributed by atoms with E-state index < -0.39 is 0 Å². The van der Waals surface area contributed by atoms with E-state index >= 15 is 0 Å². The number of rotatable bonds is 6. The van der Waals surface area contributed by atoms with Gasteiger partial charge in [0.1, 0.15) is 12.4 Å². The van der Waals surface area contributed by atoms with Crippen LogP contribution in [0.5, 0.6) is 5.75 Å². The second kappa shape index (κ2) is 7.28. The van der Waals surface area contributed by atoms with Gasteiger partial charge in [-0.25, -0.2) is 0 Å². The predicted octanol–water partition coefficient (Wildman–Crippen LogP) is 3.75. The second-order valence-corrected chi connectivity index (χ2v) is 6.55. The van der Waals surface area contributed by atoms with E-state index in [0.717, 1.165) is 25.1 Å². The molecule has 1 N–H and O–H groups in total. The van der Waals surface area contributed by atoms with Crippen LogP contribution in [0.3, 0.4) is 0 Å². The number of aryl methyl sites for hydroxylation is 2. The highest BCUT2D eigenvalue weighted by Crippen LogP contribution is 2.27. The lowest BCUT2D eigenvalue weighted by atomic mass is 10.1. The fraction of sp³-hybridized carbons (Fsp3) is 0.667. The first kappa shape index (κ1) is 16.3. The predicted molar refractivity (Wildman–Crippen MR) is 87.0 cm³/mol. The highest BCUT2D eigenvalue weighted by atomic mass is 16.5. The monoisotopic (exact) mass is 291 g/mol. The average molecular weight is 291 g/mol. The molecule has 1 aromatic carbocycles. The summed E-state index contributed by atoms with van der Waals surface area (Å²) in [4.78, 5) is 0. The van der Waals surface area contributed by atoms with E-state index in [4.69, 9.17) is 9.47 Å². The van der Waals surface area contributed by atoms with Crippen molar-refractivity contribution < 1.29 is 9.47 Å². The summed E-state index contributed by atoms with van der Waals surface area (Å²) in [5.74, 6) is 1.02. The van der Waals surface area contributed by atoms with Crippen LogP contribution in [-0.2, 0) is 11.3 Å². The lowest BCUT2D eigenvalue weighted by Crippen LogP contribution is -2.22. The van der Waals surface area contributed by atoms with Gasteiger partial charge in [-0.3, -0.25) is 0 Å². The van der Waals surface area contributed by atoms with Crippen LogP contribution >= 0.6 is 0 Å². The van der Waals surface area contributed by atoms with Crippen molar-refractivity contribution in [3.63, 3.8) is 0 Å². The summed E-state index contributed by atoms with van der Waals surface area (Å²) in [7, 11) is 0. The molecule has 21 heavy (non-hydrogen) atoms. The molecular weight excluding hydrogens is 262 g/mol. The lowest BCUT2D eigenvalue weighted by molar-refractivity contribution is 0.0262. The largest absolute Gasteiger partial charge is 0.490 e. The van der Waals surface area contributed by atoms with Gasteiger partial charge in [0.2, 0.25) is 0 Å². The SMILES string of the molecule is Cc1cc(CNC(C)C)cc(C)c1OCC1CCC(C)O1. The summed E-state index contributed by atoms with van der Waals surface area (Å²) >= 11 is 0. The number of nitrogens with one attached hydrogen (secondary N) is 1. The number of hydrogen-bond acceptors (Lipinski definition) is 3. The van der Waals surface area contributed by atoms with Gasteiger partial charge in [-0.05, 0) is 50.3 Å². The molecule has 2 unspecified atom stereocenters. The van der Waals surface area contributed by atoms with Crippen molar-refractivity contribution in [1.29, 1.82) is 0 Å². The summed E-state index contributed by atoms with van der Waals surface area (Å²) in [6, 6.07) is 4.94. The van der Waals surface area contributed by atoms with Gasteiger partial charge < -0.3 is 14.8 Å². The molecule has 1 heterocycles. The van der Waals surface area contributed by atoms with E-state index in [9.17, 15) is 0 Å². The smallest absolute Gasteiger partial charge is 0.125 e. The molecule has 1 fully saturated rings. The second-order valence-electron chi connectivity index (χ2n) is 6.55. The maximum atomic E-state index is 6.04. The fourth-order valence-electron chi connectivity index (χ4n) is 2.88. The van der Waals surface area contributed by atoms with E-state index in [2.05, 4.69) is 52.1 Å². The Morgan fingerprint density at radius 3 is 2.43 bits per heavy atom. The quantitative estimate of drug-likeness (QED) is 0.866. The third-order valence-corrected chi connectivity index (χ3v) is 3.97. The van der Waals surface area contributed by atoms with Gasteiger partial charge in [0, 0.05) is 12.6 Å². The zero-order valence-corrected chi connectivity index (χ0v) is 14.0. The Morgan fingerprint density at radius 1 is 1.24 bits per heavy atom. The van der Waals surface area contributed by atoms with Crippen LogP contribution in [0.4, 0.5) is 0 Å². The van der Waals surface area contributed by atoms with Gasteiger partial charge in [0.05, 0.1) is 12.2 Å². The third kappa shape index (κ3) is 4.72. The maximum absolute atomic E-state index is 6.04. The topological polar surface area (TPSA) is 30.5 Å². The van der Waals surface area contributed by atoms with Gasteiger partial charge in [0.25, 0.3) is 0 Å². The van der Waals surface area contributed by atoms with Crippen LogP contribution in [0.15, 0.2) is 12.1 Å². The number of ether oxygens (including phenoxy) is 2. The van der Waals surface area contributed by atoms with E-state index in [1.165, 1.54) is 16.7 Å². The molecule has 2 atom stereocenters. The minimum Gasteiger partial charge on any atom is -0.490 e. The Balaban J connectivity index is 1.96. The minimum atomic E-state index is 0.251. The van der Waals surface area contributed by atoms with E-state index in [-0.39, 0.29) is 6.10 Å². The van der Waals surface area contributed by atoms with Crippen LogP contribution < -0.4 is 10.1 Å². The molecule has 3 heteroatoms. The van der Waals surface area contributed by atoms with E-state index in [1.54, 1.807) is 0 Å². The van der Waals surface area contributed by atoms with Crippen LogP contribution in [0.2, 0.25) is 0 Å². The fourth-order valence-corrected chi connectivity index (χ4v) is 2.88. The Labute approximate surface area is 129 Å². The first-order chi connectivity index (χ1) is 9.95. The van der Waals surface area contributed by atoms with Crippen molar-refractivity contribution in [3.8, 4) is 5.75 Å². The molecule has 1 aliphatic rings. The van der Waals surface area contributed by atoms with Gasteiger partial charge >= 0.3 is 0 Å². The molecule has 1 aliphatic heterocycles. The molecule has 118 valence electrons. The number of hydrogen-bond donors (Lipinski definition) is 1. The van der Waals surface area contributed by atoms with Crippen molar-refractivity contribution in [2.45, 2.75) is 72.3 Å². The Hall–Kier alpha value is -1.06. The summed E-state index contributed by atoms with van der Waals surface area (Å²) in [5, 5.41) is 3.46. The molecule has 0 aliphatic carbocycles. The standard InChI is InChI=1S/C18H29NO2/c1-12(2)19-10-16-8-13(3)18(14(4)9-16)20-11-17-7-6-15(5)21-17/h8-9,12,15,17,19H,6-7,10-11H2,1-5H3. The maximum Gasteiger partial charge on any atom is 0.125 e. The van der Waals surface area contributed by atoms with Gasteiger partial charge in [-0.1, -0.05) is 26.0 Å².